The van der Waals surface area contributed by atoms with Crippen molar-refractivity contribution in [3.8, 4) is 0 Å². The van der Waals surface area contributed by atoms with Gasteiger partial charge >= 0.3 is 0 Å². The van der Waals surface area contributed by atoms with Gasteiger partial charge in [-0.05, 0) is 70.6 Å². The van der Waals surface area contributed by atoms with E-state index < -0.39 is 26.6 Å². The summed E-state index contributed by atoms with van der Waals surface area (Å²) >= 11 is 0. The lowest BCUT2D eigenvalue weighted by atomic mass is 10.0. The molecule has 0 aromatic rings. The van der Waals surface area contributed by atoms with E-state index in [9.17, 15) is 19.4 Å². The summed E-state index contributed by atoms with van der Waals surface area (Å²) in [5, 5.41) is 13.8. The lowest BCUT2D eigenvalue weighted by Gasteiger charge is -2.29. The minimum Gasteiger partial charge on any atom is -0.756 e. The van der Waals surface area contributed by atoms with Gasteiger partial charge in [0.15, 0.2) is 0 Å². The highest BCUT2D eigenvalue weighted by molar-refractivity contribution is 7.45. The molecule has 0 heterocycles. The van der Waals surface area contributed by atoms with Crippen LogP contribution in [0, 0.1) is 0 Å². The van der Waals surface area contributed by atoms with Gasteiger partial charge in [-0.3, -0.25) is 9.36 Å². The molecule has 376 valence electrons. The van der Waals surface area contributed by atoms with E-state index in [1.807, 2.05) is 27.2 Å². The average Bonchev–Trinajstić information content (AvgIpc) is 3.25. The molecule has 0 aromatic heterocycles. The summed E-state index contributed by atoms with van der Waals surface area (Å²) in [5.74, 6) is -0.215. The monoisotopic (exact) mass is 921 g/mol. The van der Waals surface area contributed by atoms with Crippen molar-refractivity contribution in [2.45, 2.75) is 257 Å². The molecule has 2 N–H and O–H groups in total. The van der Waals surface area contributed by atoms with Crippen molar-refractivity contribution in [1.82, 2.24) is 5.32 Å². The Morgan fingerprint density at radius 1 is 0.531 bits per heavy atom. The molecule has 8 nitrogen and oxygen atoms in total. The van der Waals surface area contributed by atoms with E-state index in [4.69, 9.17) is 9.05 Å². The lowest BCUT2D eigenvalue weighted by molar-refractivity contribution is -0.870. The number of phosphoric acid groups is 1. The smallest absolute Gasteiger partial charge is 0.268 e. The number of allylic oxidation sites excluding steroid dienone is 7. The van der Waals surface area contributed by atoms with Crippen LogP contribution in [0.2, 0.25) is 0 Å². The first-order valence-corrected chi connectivity index (χ1v) is 28.5. The van der Waals surface area contributed by atoms with Gasteiger partial charge in [-0.15, -0.1) is 0 Å². The molecule has 64 heavy (non-hydrogen) atoms. The molecule has 0 aliphatic carbocycles. The number of carbonyl (C=O) groups is 1. The van der Waals surface area contributed by atoms with Crippen molar-refractivity contribution >= 4 is 13.7 Å². The van der Waals surface area contributed by atoms with Gasteiger partial charge in [-0.25, -0.2) is 0 Å². The highest BCUT2D eigenvalue weighted by Gasteiger charge is 2.23. The van der Waals surface area contributed by atoms with Crippen molar-refractivity contribution in [2.75, 3.05) is 40.9 Å². The molecule has 0 aromatic carbocycles. The van der Waals surface area contributed by atoms with E-state index in [0.717, 1.165) is 44.9 Å². The highest BCUT2D eigenvalue weighted by Crippen LogP contribution is 2.38. The van der Waals surface area contributed by atoms with Crippen molar-refractivity contribution < 1.29 is 32.9 Å². The highest BCUT2D eigenvalue weighted by atomic mass is 31.2. The minimum absolute atomic E-state index is 0.0104. The largest absolute Gasteiger partial charge is 0.756 e. The maximum atomic E-state index is 12.9. The zero-order valence-corrected chi connectivity index (χ0v) is 43.6. The van der Waals surface area contributed by atoms with Crippen molar-refractivity contribution in [1.29, 1.82) is 0 Å². The predicted octanol–water partition coefficient (Wildman–Crippen LogP) is 15.3. The number of carbonyl (C=O) groups excluding carboxylic acids is 1. The second-order valence-electron chi connectivity index (χ2n) is 19.6. The van der Waals surface area contributed by atoms with Crippen molar-refractivity contribution in [3.05, 3.63) is 48.6 Å². The van der Waals surface area contributed by atoms with E-state index in [1.54, 1.807) is 6.08 Å². The fourth-order valence-electron chi connectivity index (χ4n) is 7.71. The fraction of sp³-hybridized carbons (Fsp3) is 0.836. The van der Waals surface area contributed by atoms with Gasteiger partial charge < -0.3 is 28.8 Å². The Morgan fingerprint density at radius 3 is 1.27 bits per heavy atom. The Hall–Kier alpha value is -1.54. The van der Waals surface area contributed by atoms with Crippen LogP contribution in [0.15, 0.2) is 48.6 Å². The number of likely N-dealkylation sites (N-methyl/N-ethyl adjacent to an activating group) is 1. The normalized spacial score (nSPS) is 14.4. The van der Waals surface area contributed by atoms with Crippen LogP contribution in [0.5, 0.6) is 0 Å². The van der Waals surface area contributed by atoms with E-state index in [1.165, 1.54) is 180 Å². The maximum absolute atomic E-state index is 12.9. The molecule has 0 aliphatic heterocycles. The van der Waals surface area contributed by atoms with Crippen LogP contribution in [0.1, 0.15) is 245 Å². The van der Waals surface area contributed by atoms with Crippen LogP contribution in [-0.4, -0.2) is 68.5 Å². The number of aliphatic hydroxyl groups is 1. The molecule has 0 saturated heterocycles. The number of rotatable bonds is 49. The van der Waals surface area contributed by atoms with Crippen molar-refractivity contribution in [2.24, 2.45) is 0 Å². The topological polar surface area (TPSA) is 108 Å². The Balaban J connectivity index is 4.36. The molecule has 9 heteroatoms. The summed E-state index contributed by atoms with van der Waals surface area (Å²) in [6.07, 6.45) is 60.4. The molecule has 0 rings (SSSR count). The molecule has 0 fully saturated rings. The third-order valence-electron chi connectivity index (χ3n) is 12.0. The predicted molar refractivity (Wildman–Crippen MR) is 274 cm³/mol. The van der Waals surface area contributed by atoms with Gasteiger partial charge in [0.1, 0.15) is 13.2 Å². The Morgan fingerprint density at radius 2 is 0.875 bits per heavy atom. The summed E-state index contributed by atoms with van der Waals surface area (Å²) in [6.45, 7) is 4.63. The number of phosphoric ester groups is 1. The summed E-state index contributed by atoms with van der Waals surface area (Å²) in [4.78, 5) is 25.4. The van der Waals surface area contributed by atoms with Gasteiger partial charge in [-0.1, -0.05) is 217 Å². The summed E-state index contributed by atoms with van der Waals surface area (Å²) < 4.78 is 23.3. The first kappa shape index (κ1) is 62.5. The Labute approximate surface area is 397 Å². The number of hydrogen-bond donors (Lipinski definition) is 2. The first-order chi connectivity index (χ1) is 31.0. The van der Waals surface area contributed by atoms with Gasteiger partial charge in [0.05, 0.1) is 39.9 Å². The first-order valence-electron chi connectivity index (χ1n) is 27.0. The number of unbranched alkanes of at least 4 members (excludes halogenated alkanes) is 30. The number of nitrogens with one attached hydrogen (secondary N) is 1. The second kappa shape index (κ2) is 46.6. The van der Waals surface area contributed by atoms with E-state index in [0.29, 0.717) is 17.4 Å². The standard InChI is InChI=1S/C55H105N2O6P/c1-6-8-10-12-14-16-18-20-22-24-26-28-29-30-32-34-36-38-40-42-44-46-48-54(58)53(52-63-64(60,61)62-51-50-57(3,4)5)56-55(59)49-47-45-43-41-39-37-35-33-31-27-25-23-21-19-17-15-13-11-9-7-2/h27,30-32,38,40,46,48,53-54,58H,6-26,28-29,33-37,39,41-45,47,49-52H2,1-5H3,(H-,56,59,60,61)/b31-27-,32-30+,40-38+,48-46+. The van der Waals surface area contributed by atoms with Crippen molar-refractivity contribution in [3.63, 3.8) is 0 Å². The molecule has 0 bridgehead atoms. The van der Waals surface area contributed by atoms with Crippen LogP contribution >= 0.6 is 7.82 Å². The summed E-state index contributed by atoms with van der Waals surface area (Å²) in [6, 6.07) is -0.913. The van der Waals surface area contributed by atoms with Gasteiger partial charge in [0, 0.05) is 6.42 Å². The molecular weight excluding hydrogens is 816 g/mol. The van der Waals surface area contributed by atoms with Crippen LogP contribution in [0.3, 0.4) is 0 Å². The van der Waals surface area contributed by atoms with Gasteiger partial charge in [0.25, 0.3) is 7.82 Å². The lowest BCUT2D eigenvalue weighted by Crippen LogP contribution is -2.45. The quantitative estimate of drug-likeness (QED) is 0.0272. The van der Waals surface area contributed by atoms with Crippen LogP contribution in [0.4, 0.5) is 0 Å². The summed E-state index contributed by atoms with van der Waals surface area (Å²) in [5.41, 5.74) is 0. The van der Waals surface area contributed by atoms with E-state index >= 15 is 0 Å². The fourth-order valence-corrected chi connectivity index (χ4v) is 8.43. The summed E-state index contributed by atoms with van der Waals surface area (Å²) in [7, 11) is 1.23. The van der Waals surface area contributed by atoms with Crippen LogP contribution < -0.4 is 10.2 Å². The van der Waals surface area contributed by atoms with Crippen LogP contribution in [0.25, 0.3) is 0 Å². The molecular formula is C55H105N2O6P. The van der Waals surface area contributed by atoms with Gasteiger partial charge in [-0.2, -0.15) is 0 Å². The number of aliphatic hydroxyl groups excluding tert-OH is 1. The molecule has 3 atom stereocenters. The maximum Gasteiger partial charge on any atom is 0.268 e. The van der Waals surface area contributed by atoms with E-state index in [-0.39, 0.29) is 12.5 Å². The number of amides is 1. The Bertz CT molecular complexity index is 1180. The molecule has 0 spiro atoms. The van der Waals surface area contributed by atoms with Crippen LogP contribution in [-0.2, 0) is 18.4 Å². The zero-order valence-electron chi connectivity index (χ0n) is 42.7. The number of quaternary nitrogens is 1. The molecule has 0 saturated carbocycles. The SMILES string of the molecule is CCCCCCCCCCC/C=C\CCCCCCCCCC(=O)NC(COP(=O)([O-])OCC[N+](C)(C)C)C(O)/C=C/CC/C=C/CC/C=C/CCCCCCCCCCCCCC. The molecule has 3 unspecified atom stereocenters. The molecule has 0 aliphatic rings. The third-order valence-corrected chi connectivity index (χ3v) is 13.0. The van der Waals surface area contributed by atoms with E-state index in [2.05, 4.69) is 55.6 Å². The molecule has 1 amide bonds. The number of nitrogens with zero attached hydrogens (tertiary/aromatic N) is 1. The third kappa shape index (κ3) is 48.4. The molecule has 0 radical (unpaired) electrons. The number of hydrogen-bond acceptors (Lipinski definition) is 6. The second-order valence-corrected chi connectivity index (χ2v) is 21.0. The zero-order chi connectivity index (χ0) is 47.1. The minimum atomic E-state index is -4.61. The van der Waals surface area contributed by atoms with Gasteiger partial charge in [0.2, 0.25) is 5.91 Å². The average molecular weight is 921 g/mol. The Kier molecular flexibility index (Phi) is 45.4.